The van der Waals surface area contributed by atoms with Crippen LogP contribution in [0.25, 0.3) is 10.9 Å². The molecule has 1 amide bonds. The van der Waals surface area contributed by atoms with Gasteiger partial charge in [-0.25, -0.2) is 9.97 Å². The first-order valence-electron chi connectivity index (χ1n) is 9.79. The molecule has 144 valence electrons. The van der Waals surface area contributed by atoms with Crippen LogP contribution in [0.3, 0.4) is 0 Å². The Morgan fingerprint density at radius 3 is 2.74 bits per heavy atom. The summed E-state index contributed by atoms with van der Waals surface area (Å²) in [5, 5.41) is 4.22. The zero-order valence-electron chi connectivity index (χ0n) is 16.2. The summed E-state index contributed by atoms with van der Waals surface area (Å²) in [5.41, 5.74) is 2.20. The van der Waals surface area contributed by atoms with E-state index in [1.807, 2.05) is 19.0 Å². The van der Waals surface area contributed by atoms with E-state index in [1.165, 1.54) is 5.69 Å². The molecule has 1 aromatic heterocycles. The molecule has 1 atom stereocenters. The predicted molar refractivity (Wildman–Crippen MR) is 108 cm³/mol. The van der Waals surface area contributed by atoms with Crippen LogP contribution in [0.2, 0.25) is 0 Å². The van der Waals surface area contributed by atoms with Crippen molar-refractivity contribution in [2.45, 2.75) is 25.3 Å². The summed E-state index contributed by atoms with van der Waals surface area (Å²) >= 11 is 0. The van der Waals surface area contributed by atoms with Crippen LogP contribution < -0.4 is 15.1 Å². The lowest BCUT2D eigenvalue weighted by atomic mass is 10.0. The summed E-state index contributed by atoms with van der Waals surface area (Å²) in [7, 11) is 4.02. The smallest absolute Gasteiger partial charge is 0.220 e. The minimum atomic E-state index is 0.208. The van der Waals surface area contributed by atoms with Crippen LogP contribution in [0.5, 0.6) is 0 Å². The van der Waals surface area contributed by atoms with Gasteiger partial charge < -0.3 is 15.1 Å². The van der Waals surface area contributed by atoms with Crippen LogP contribution in [-0.2, 0) is 4.79 Å². The maximum absolute atomic E-state index is 11.6. The molecule has 0 saturated carbocycles. The van der Waals surface area contributed by atoms with Crippen LogP contribution >= 0.6 is 0 Å². The van der Waals surface area contributed by atoms with Crippen molar-refractivity contribution < 1.29 is 4.79 Å². The molecule has 4 rings (SSSR count). The maximum Gasteiger partial charge on any atom is 0.220 e. The first kappa shape index (κ1) is 18.0. The number of amides is 1. The topological polar surface area (TPSA) is 64.6 Å². The fourth-order valence-corrected chi connectivity index (χ4v) is 4.10. The summed E-state index contributed by atoms with van der Waals surface area (Å²) in [6.07, 6.45) is 4.43. The molecule has 2 saturated heterocycles. The van der Waals surface area contributed by atoms with E-state index in [0.29, 0.717) is 12.5 Å². The molecular weight excluding hydrogens is 340 g/mol. The lowest BCUT2D eigenvalue weighted by Gasteiger charge is -2.38. The standard InChI is InChI=1S/C20H28N6O/c1-24(2)20-17-12-16(6-7-18(17)21-14-22-20)26-10-8-25(9-11-26)13-15-4-3-5-19(27)23-15/h6-7,12,14-15H,3-5,8-11,13H2,1-2H3,(H,23,27). The molecule has 0 spiro atoms. The number of benzene rings is 1. The fourth-order valence-electron chi connectivity index (χ4n) is 4.10. The number of nitrogens with one attached hydrogen (secondary N) is 1. The van der Waals surface area contributed by atoms with Gasteiger partial charge in [0.05, 0.1) is 5.52 Å². The molecule has 3 heterocycles. The summed E-state index contributed by atoms with van der Waals surface area (Å²) < 4.78 is 0. The Kier molecular flexibility index (Phi) is 5.11. The molecule has 1 N–H and O–H groups in total. The van der Waals surface area contributed by atoms with Crippen molar-refractivity contribution in [3.63, 3.8) is 0 Å². The van der Waals surface area contributed by atoms with Crippen molar-refractivity contribution in [2.75, 3.05) is 56.6 Å². The van der Waals surface area contributed by atoms with E-state index in [0.717, 1.165) is 62.3 Å². The molecule has 27 heavy (non-hydrogen) atoms. The second-order valence-electron chi connectivity index (χ2n) is 7.74. The van der Waals surface area contributed by atoms with Crippen molar-refractivity contribution >= 4 is 28.3 Å². The Morgan fingerprint density at radius 1 is 1.19 bits per heavy atom. The van der Waals surface area contributed by atoms with Crippen molar-refractivity contribution in [1.29, 1.82) is 0 Å². The monoisotopic (exact) mass is 368 g/mol. The molecule has 7 heteroatoms. The quantitative estimate of drug-likeness (QED) is 0.882. The summed E-state index contributed by atoms with van der Waals surface area (Å²) in [6.45, 7) is 5.01. The van der Waals surface area contributed by atoms with Crippen molar-refractivity contribution in [2.24, 2.45) is 0 Å². The number of carbonyl (C=O) groups excluding carboxylic acids is 1. The number of rotatable bonds is 4. The second kappa shape index (κ2) is 7.68. The Bertz CT molecular complexity index is 815. The van der Waals surface area contributed by atoms with Gasteiger partial charge in [0.2, 0.25) is 5.91 Å². The summed E-state index contributed by atoms with van der Waals surface area (Å²) in [4.78, 5) is 27.3. The van der Waals surface area contributed by atoms with E-state index in [1.54, 1.807) is 6.33 Å². The van der Waals surface area contributed by atoms with Gasteiger partial charge in [0.1, 0.15) is 12.1 Å². The van der Waals surface area contributed by atoms with Gasteiger partial charge in [0.15, 0.2) is 0 Å². The van der Waals surface area contributed by atoms with Gasteiger partial charge in [0, 0.05) is 70.4 Å². The number of piperazine rings is 1. The third-order valence-corrected chi connectivity index (χ3v) is 5.56. The van der Waals surface area contributed by atoms with Crippen molar-refractivity contribution in [1.82, 2.24) is 20.2 Å². The Hall–Kier alpha value is -2.41. The molecule has 2 aromatic rings. The molecule has 7 nitrogen and oxygen atoms in total. The Morgan fingerprint density at radius 2 is 2.00 bits per heavy atom. The third kappa shape index (κ3) is 3.98. The van der Waals surface area contributed by atoms with Crippen molar-refractivity contribution in [3.8, 4) is 0 Å². The molecule has 2 aliphatic heterocycles. The lowest BCUT2D eigenvalue weighted by molar-refractivity contribution is -0.123. The van der Waals surface area contributed by atoms with Crippen LogP contribution in [0, 0.1) is 0 Å². The molecule has 1 unspecified atom stereocenters. The van der Waals surface area contributed by atoms with Gasteiger partial charge in [-0.3, -0.25) is 9.69 Å². The minimum Gasteiger partial charge on any atom is -0.369 e. The first-order valence-corrected chi connectivity index (χ1v) is 9.79. The largest absolute Gasteiger partial charge is 0.369 e. The first-order chi connectivity index (χ1) is 13.1. The fraction of sp³-hybridized carbons (Fsp3) is 0.550. The highest BCUT2D eigenvalue weighted by Crippen LogP contribution is 2.27. The number of anilines is 2. The van der Waals surface area contributed by atoms with Crippen LogP contribution in [0.1, 0.15) is 19.3 Å². The SMILES string of the molecule is CN(C)c1ncnc2ccc(N3CCN(CC4CCCC(=O)N4)CC3)cc12. The number of piperidine rings is 1. The average molecular weight is 368 g/mol. The number of hydrogen-bond acceptors (Lipinski definition) is 6. The van der Waals surface area contributed by atoms with Gasteiger partial charge in [-0.05, 0) is 31.0 Å². The molecule has 2 fully saturated rings. The maximum atomic E-state index is 11.6. The molecular formula is C20H28N6O. The minimum absolute atomic E-state index is 0.208. The average Bonchev–Trinajstić information content (AvgIpc) is 2.67. The van der Waals surface area contributed by atoms with E-state index in [-0.39, 0.29) is 5.91 Å². The number of carbonyl (C=O) groups is 1. The van der Waals surface area contributed by atoms with Crippen LogP contribution in [-0.4, -0.2) is 73.6 Å². The normalized spacial score (nSPS) is 21.3. The summed E-state index contributed by atoms with van der Waals surface area (Å²) in [6, 6.07) is 6.77. The van der Waals surface area contributed by atoms with Gasteiger partial charge in [0.25, 0.3) is 0 Å². The highest BCUT2D eigenvalue weighted by atomic mass is 16.1. The van der Waals surface area contributed by atoms with E-state index < -0.39 is 0 Å². The summed E-state index contributed by atoms with van der Waals surface area (Å²) in [5.74, 6) is 1.16. The molecule has 0 bridgehead atoms. The number of nitrogens with zero attached hydrogens (tertiary/aromatic N) is 5. The lowest BCUT2D eigenvalue weighted by Crippen LogP contribution is -2.52. The van der Waals surface area contributed by atoms with Gasteiger partial charge in [-0.1, -0.05) is 0 Å². The molecule has 0 aliphatic carbocycles. The highest BCUT2D eigenvalue weighted by molar-refractivity contribution is 5.91. The molecule has 0 radical (unpaired) electrons. The van der Waals surface area contributed by atoms with E-state index in [4.69, 9.17) is 0 Å². The second-order valence-corrected chi connectivity index (χ2v) is 7.74. The van der Waals surface area contributed by atoms with E-state index >= 15 is 0 Å². The zero-order valence-corrected chi connectivity index (χ0v) is 16.2. The highest BCUT2D eigenvalue weighted by Gasteiger charge is 2.24. The third-order valence-electron chi connectivity index (χ3n) is 5.56. The van der Waals surface area contributed by atoms with Crippen LogP contribution in [0.15, 0.2) is 24.5 Å². The predicted octanol–water partition coefficient (Wildman–Crippen LogP) is 1.49. The Balaban J connectivity index is 1.42. The number of aromatic nitrogens is 2. The Labute approximate surface area is 160 Å². The van der Waals surface area contributed by atoms with Gasteiger partial charge >= 0.3 is 0 Å². The van der Waals surface area contributed by atoms with Crippen LogP contribution in [0.4, 0.5) is 11.5 Å². The van der Waals surface area contributed by atoms with Gasteiger partial charge in [-0.2, -0.15) is 0 Å². The molecule has 2 aliphatic rings. The van der Waals surface area contributed by atoms with Crippen molar-refractivity contribution in [3.05, 3.63) is 24.5 Å². The molecule has 1 aromatic carbocycles. The number of fused-ring (bicyclic) bond motifs is 1. The van der Waals surface area contributed by atoms with Gasteiger partial charge in [-0.15, -0.1) is 0 Å². The van der Waals surface area contributed by atoms with E-state index in [9.17, 15) is 4.79 Å². The zero-order chi connectivity index (χ0) is 18.8. The van der Waals surface area contributed by atoms with E-state index in [2.05, 4.69) is 43.3 Å². The number of hydrogen-bond donors (Lipinski definition) is 1.